The number of pyridine rings is 2. The molecular formula is C20H19N5O2. The first-order valence-corrected chi connectivity index (χ1v) is 8.81. The highest BCUT2D eigenvalue weighted by Gasteiger charge is 2.26. The summed E-state index contributed by atoms with van der Waals surface area (Å²) in [5, 5.41) is 5.47. The van der Waals surface area contributed by atoms with Crippen molar-refractivity contribution in [2.75, 3.05) is 16.8 Å². The minimum atomic E-state index is -0.406. The van der Waals surface area contributed by atoms with Gasteiger partial charge in [-0.2, -0.15) is 0 Å². The molecular weight excluding hydrogens is 342 g/mol. The molecule has 2 aromatic heterocycles. The number of rotatable bonds is 4. The van der Waals surface area contributed by atoms with Crippen LogP contribution in [-0.2, 0) is 9.59 Å². The van der Waals surface area contributed by atoms with Gasteiger partial charge in [0, 0.05) is 31.6 Å². The summed E-state index contributed by atoms with van der Waals surface area (Å²) in [6.45, 7) is 0.723. The van der Waals surface area contributed by atoms with Gasteiger partial charge in [0.2, 0.25) is 11.8 Å². The fourth-order valence-electron chi connectivity index (χ4n) is 3.10. The first-order chi connectivity index (χ1) is 13.2. The summed E-state index contributed by atoms with van der Waals surface area (Å²) in [6.07, 6.45) is 12.3. The Bertz CT molecular complexity index is 906. The summed E-state index contributed by atoms with van der Waals surface area (Å²) in [6, 6.07) is 7.36. The molecule has 0 bridgehead atoms. The molecule has 2 aliphatic heterocycles. The molecule has 136 valence electrons. The molecule has 0 radical (unpaired) electrons. The Morgan fingerprint density at radius 3 is 2.67 bits per heavy atom. The molecule has 2 aliphatic rings. The van der Waals surface area contributed by atoms with Gasteiger partial charge in [0.1, 0.15) is 11.9 Å². The van der Waals surface area contributed by atoms with E-state index in [2.05, 4.69) is 32.8 Å². The molecule has 0 aromatic carbocycles. The van der Waals surface area contributed by atoms with E-state index in [1.165, 1.54) is 0 Å². The lowest BCUT2D eigenvalue weighted by Gasteiger charge is -2.24. The van der Waals surface area contributed by atoms with Gasteiger partial charge in [0.15, 0.2) is 0 Å². The van der Waals surface area contributed by atoms with Gasteiger partial charge < -0.3 is 10.2 Å². The summed E-state index contributed by atoms with van der Waals surface area (Å²) in [5.74, 6) is 0.316. The maximum Gasteiger partial charge on any atom is 0.249 e. The predicted octanol–water partition coefficient (Wildman–Crippen LogP) is 2.11. The van der Waals surface area contributed by atoms with E-state index in [0.29, 0.717) is 12.8 Å². The summed E-state index contributed by atoms with van der Waals surface area (Å²) in [5.41, 5.74) is 3.05. The van der Waals surface area contributed by atoms with Crippen LogP contribution in [0, 0.1) is 0 Å². The number of anilines is 2. The fraction of sp³-hybridized carbons (Fsp3) is 0.200. The molecule has 7 heteroatoms. The zero-order valence-electron chi connectivity index (χ0n) is 14.6. The second-order valence-corrected chi connectivity index (χ2v) is 6.42. The largest absolute Gasteiger partial charge is 0.372 e. The van der Waals surface area contributed by atoms with Crippen molar-refractivity contribution in [3.8, 4) is 0 Å². The van der Waals surface area contributed by atoms with Gasteiger partial charge in [-0.05, 0) is 47.9 Å². The van der Waals surface area contributed by atoms with Crippen LogP contribution in [0.1, 0.15) is 18.4 Å². The average molecular weight is 361 g/mol. The van der Waals surface area contributed by atoms with Crippen molar-refractivity contribution < 1.29 is 9.59 Å². The maximum absolute atomic E-state index is 11.8. The number of carbonyl (C=O) groups is 2. The quantitative estimate of drug-likeness (QED) is 0.811. The van der Waals surface area contributed by atoms with E-state index in [4.69, 9.17) is 0 Å². The number of allylic oxidation sites excluding steroid dienone is 2. The monoisotopic (exact) mass is 361 g/mol. The molecule has 0 saturated carbocycles. The molecule has 1 atom stereocenters. The van der Waals surface area contributed by atoms with E-state index in [-0.39, 0.29) is 11.8 Å². The Hall–Kier alpha value is -3.48. The van der Waals surface area contributed by atoms with E-state index in [9.17, 15) is 9.59 Å². The molecule has 2 amide bonds. The van der Waals surface area contributed by atoms with Crippen LogP contribution >= 0.6 is 0 Å². The maximum atomic E-state index is 11.8. The third-order valence-electron chi connectivity index (χ3n) is 4.58. The number of aromatic nitrogens is 2. The number of imide groups is 1. The molecule has 1 fully saturated rings. The van der Waals surface area contributed by atoms with Crippen molar-refractivity contribution in [1.82, 2.24) is 15.3 Å². The zero-order chi connectivity index (χ0) is 18.6. The first kappa shape index (κ1) is 17.0. The Kier molecular flexibility index (Phi) is 4.65. The molecule has 4 heterocycles. The van der Waals surface area contributed by atoms with Crippen LogP contribution in [0.5, 0.6) is 0 Å². The number of nitrogens with zero attached hydrogens (tertiary/aromatic N) is 3. The average Bonchev–Trinajstić information content (AvgIpc) is 2.71. The summed E-state index contributed by atoms with van der Waals surface area (Å²) < 4.78 is 0. The molecule has 2 N–H and O–H groups in total. The van der Waals surface area contributed by atoms with Gasteiger partial charge in [0.25, 0.3) is 0 Å². The highest BCUT2D eigenvalue weighted by molar-refractivity contribution is 6.01. The van der Waals surface area contributed by atoms with Crippen LogP contribution in [0.3, 0.4) is 0 Å². The molecule has 0 spiro atoms. The third kappa shape index (κ3) is 3.87. The van der Waals surface area contributed by atoms with Crippen molar-refractivity contribution in [3.05, 3.63) is 66.8 Å². The van der Waals surface area contributed by atoms with Crippen LogP contribution in [0.15, 0.2) is 61.2 Å². The molecule has 4 rings (SSSR count). The van der Waals surface area contributed by atoms with Gasteiger partial charge >= 0.3 is 0 Å². The van der Waals surface area contributed by atoms with Crippen LogP contribution < -0.4 is 15.5 Å². The molecule has 2 aromatic rings. The van der Waals surface area contributed by atoms with Crippen LogP contribution in [0.25, 0.3) is 5.57 Å². The van der Waals surface area contributed by atoms with Crippen molar-refractivity contribution >= 4 is 28.9 Å². The predicted molar refractivity (Wildman–Crippen MR) is 103 cm³/mol. The number of hydrogen-bond acceptors (Lipinski definition) is 6. The topological polar surface area (TPSA) is 87.2 Å². The number of amides is 2. The molecule has 0 aliphatic carbocycles. The van der Waals surface area contributed by atoms with E-state index in [0.717, 1.165) is 29.2 Å². The smallest absolute Gasteiger partial charge is 0.249 e. The number of piperidine rings is 1. The number of hydrogen-bond donors (Lipinski definition) is 2. The Balaban J connectivity index is 1.39. The number of carbonyl (C=O) groups excluding carboxylic acids is 2. The van der Waals surface area contributed by atoms with E-state index >= 15 is 0 Å². The normalized spacial score (nSPS) is 19.5. The minimum absolute atomic E-state index is 0.220. The minimum Gasteiger partial charge on any atom is -0.372 e. The van der Waals surface area contributed by atoms with Crippen molar-refractivity contribution in [3.63, 3.8) is 0 Å². The molecule has 7 nitrogen and oxygen atoms in total. The second-order valence-electron chi connectivity index (χ2n) is 6.42. The summed E-state index contributed by atoms with van der Waals surface area (Å²) >= 11 is 0. The standard InChI is InChI=1S/C20H19N5O2/c26-19-4-2-17(20(27)24-19)23-16-1-3-18(22-13-16)25-11-7-15(8-12-25)14-5-9-21-10-6-14/h1,3,5-11,13,17,23H,2,4,12H2,(H,24,26,27). The Morgan fingerprint density at radius 2 is 2.00 bits per heavy atom. The van der Waals surface area contributed by atoms with E-state index < -0.39 is 6.04 Å². The highest BCUT2D eigenvalue weighted by Crippen LogP contribution is 2.23. The van der Waals surface area contributed by atoms with E-state index in [1.54, 1.807) is 18.6 Å². The molecule has 27 heavy (non-hydrogen) atoms. The van der Waals surface area contributed by atoms with Gasteiger partial charge in [-0.15, -0.1) is 0 Å². The lowest BCUT2D eigenvalue weighted by atomic mass is 10.1. The van der Waals surface area contributed by atoms with Gasteiger partial charge in [-0.25, -0.2) is 4.98 Å². The Labute approximate surface area is 156 Å². The first-order valence-electron chi connectivity index (χ1n) is 8.81. The SMILES string of the molecule is O=C1CCC(Nc2ccc(N3C=CC(c4ccncc4)=CC3)nc2)C(=O)N1. The van der Waals surface area contributed by atoms with Gasteiger partial charge in [-0.3, -0.25) is 19.9 Å². The number of nitrogens with one attached hydrogen (secondary N) is 2. The van der Waals surface area contributed by atoms with Crippen molar-refractivity contribution in [1.29, 1.82) is 0 Å². The van der Waals surface area contributed by atoms with Crippen LogP contribution in [-0.4, -0.2) is 34.4 Å². The summed E-state index contributed by atoms with van der Waals surface area (Å²) in [4.78, 5) is 33.6. The zero-order valence-corrected chi connectivity index (χ0v) is 14.6. The molecule has 1 saturated heterocycles. The summed E-state index contributed by atoms with van der Waals surface area (Å²) in [7, 11) is 0. The van der Waals surface area contributed by atoms with Gasteiger partial charge in [0.05, 0.1) is 11.9 Å². The third-order valence-corrected chi connectivity index (χ3v) is 4.58. The van der Waals surface area contributed by atoms with Crippen LogP contribution in [0.2, 0.25) is 0 Å². The lowest BCUT2D eigenvalue weighted by molar-refractivity contribution is -0.133. The van der Waals surface area contributed by atoms with Crippen molar-refractivity contribution in [2.24, 2.45) is 0 Å². The highest BCUT2D eigenvalue weighted by atomic mass is 16.2. The second kappa shape index (κ2) is 7.41. The van der Waals surface area contributed by atoms with Crippen LogP contribution in [0.4, 0.5) is 11.5 Å². The Morgan fingerprint density at radius 1 is 1.15 bits per heavy atom. The lowest BCUT2D eigenvalue weighted by Crippen LogP contribution is -2.47. The fourth-order valence-corrected chi connectivity index (χ4v) is 3.10. The van der Waals surface area contributed by atoms with Crippen molar-refractivity contribution in [2.45, 2.75) is 18.9 Å². The van der Waals surface area contributed by atoms with Gasteiger partial charge in [-0.1, -0.05) is 6.08 Å². The van der Waals surface area contributed by atoms with E-state index in [1.807, 2.05) is 35.4 Å². The molecule has 1 unspecified atom stereocenters.